The highest BCUT2D eigenvalue weighted by Gasteiger charge is 2.62. The van der Waals surface area contributed by atoms with Gasteiger partial charge in [-0.25, -0.2) is 0 Å². The van der Waals surface area contributed by atoms with Gasteiger partial charge in [-0.2, -0.15) is 0 Å². The van der Waals surface area contributed by atoms with Gasteiger partial charge in [-0.1, -0.05) is 25.2 Å². The molecular weight excluding hydrogens is 300 g/mol. The summed E-state index contributed by atoms with van der Waals surface area (Å²) >= 11 is 0. The lowest BCUT2D eigenvalue weighted by Gasteiger charge is -2.56. The van der Waals surface area contributed by atoms with Gasteiger partial charge in [0.2, 0.25) is 0 Å². The summed E-state index contributed by atoms with van der Waals surface area (Å²) in [6.07, 6.45) is 7.89. The molecule has 1 saturated heterocycles. The minimum absolute atomic E-state index is 0.00869. The van der Waals surface area contributed by atoms with E-state index < -0.39 is 5.41 Å². The average molecular weight is 332 g/mol. The van der Waals surface area contributed by atoms with E-state index in [0.717, 1.165) is 32.1 Å². The Balaban J connectivity index is 1.83. The minimum Gasteiger partial charge on any atom is -0.465 e. The molecule has 2 bridgehead atoms. The number of fused-ring (bicyclic) bond motifs is 4. The molecule has 134 valence electrons. The van der Waals surface area contributed by atoms with Crippen LogP contribution in [-0.2, 0) is 14.3 Å². The fraction of sp³-hybridized carbons (Fsp3) is 0.762. The van der Waals surface area contributed by atoms with Gasteiger partial charge in [0.25, 0.3) is 0 Å². The zero-order valence-corrected chi connectivity index (χ0v) is 15.9. The third kappa shape index (κ3) is 2.56. The van der Waals surface area contributed by atoms with Gasteiger partial charge in [0, 0.05) is 5.41 Å². The van der Waals surface area contributed by atoms with Crippen molar-refractivity contribution in [2.24, 2.45) is 16.2 Å². The molecule has 0 spiro atoms. The topological polar surface area (TPSA) is 35.5 Å². The summed E-state index contributed by atoms with van der Waals surface area (Å²) in [6.45, 7) is 15.1. The first-order valence-corrected chi connectivity index (χ1v) is 9.29. The maximum Gasteiger partial charge on any atom is 0.311 e. The monoisotopic (exact) mass is 332 g/mol. The Morgan fingerprint density at radius 2 is 2.12 bits per heavy atom. The second kappa shape index (κ2) is 5.72. The number of esters is 1. The molecule has 24 heavy (non-hydrogen) atoms. The molecule has 1 saturated carbocycles. The molecule has 0 aromatic carbocycles. The third-order valence-corrected chi connectivity index (χ3v) is 6.75. The first-order chi connectivity index (χ1) is 11.1. The van der Waals surface area contributed by atoms with E-state index in [1.807, 2.05) is 20.8 Å². The van der Waals surface area contributed by atoms with Crippen LogP contribution >= 0.6 is 0 Å². The number of ether oxygens (including phenoxy) is 2. The van der Waals surface area contributed by atoms with E-state index >= 15 is 0 Å². The predicted molar refractivity (Wildman–Crippen MR) is 95.6 cm³/mol. The third-order valence-electron chi connectivity index (χ3n) is 6.75. The van der Waals surface area contributed by atoms with Gasteiger partial charge in [-0.05, 0) is 70.8 Å². The fourth-order valence-corrected chi connectivity index (χ4v) is 4.91. The maximum absolute atomic E-state index is 12.1. The lowest BCUT2D eigenvalue weighted by molar-refractivity contribution is -0.159. The Morgan fingerprint density at radius 3 is 2.79 bits per heavy atom. The summed E-state index contributed by atoms with van der Waals surface area (Å²) in [5, 5.41) is 0. The number of carbonyl (C=O) groups is 1. The number of hydrogen-bond acceptors (Lipinski definition) is 3. The predicted octanol–water partition coefficient (Wildman–Crippen LogP) is 4.82. The van der Waals surface area contributed by atoms with Gasteiger partial charge < -0.3 is 9.47 Å². The average Bonchev–Trinajstić information content (AvgIpc) is 2.71. The Labute approximate surface area is 146 Å². The summed E-state index contributed by atoms with van der Waals surface area (Å²) in [7, 11) is 0. The Morgan fingerprint density at radius 1 is 1.42 bits per heavy atom. The highest BCUT2D eigenvalue weighted by atomic mass is 16.5. The second-order valence-electron chi connectivity index (χ2n) is 9.25. The highest BCUT2D eigenvalue weighted by molar-refractivity contribution is 5.75. The lowest BCUT2D eigenvalue weighted by atomic mass is 9.52. The van der Waals surface area contributed by atoms with Gasteiger partial charge in [-0.15, -0.1) is 0 Å². The van der Waals surface area contributed by atoms with Gasteiger partial charge >= 0.3 is 5.97 Å². The number of carbonyl (C=O) groups excluding carboxylic acids is 1. The van der Waals surface area contributed by atoms with Crippen molar-refractivity contribution < 1.29 is 14.3 Å². The van der Waals surface area contributed by atoms with Crippen molar-refractivity contribution in [3.63, 3.8) is 0 Å². The molecule has 3 heteroatoms. The Hall–Kier alpha value is -1.09. The molecule has 3 rings (SSSR count). The molecule has 2 fully saturated rings. The van der Waals surface area contributed by atoms with E-state index in [0.29, 0.717) is 6.61 Å². The molecule has 0 unspecified atom stereocenters. The minimum atomic E-state index is -0.449. The van der Waals surface area contributed by atoms with Crippen LogP contribution in [0.2, 0.25) is 0 Å². The van der Waals surface area contributed by atoms with E-state index in [-0.39, 0.29) is 29.0 Å². The van der Waals surface area contributed by atoms with Crippen molar-refractivity contribution in [1.82, 2.24) is 0 Å². The molecule has 3 nitrogen and oxygen atoms in total. The van der Waals surface area contributed by atoms with Gasteiger partial charge in [-0.3, -0.25) is 4.79 Å². The molecule has 0 radical (unpaired) electrons. The van der Waals surface area contributed by atoms with Crippen LogP contribution in [0.15, 0.2) is 23.8 Å². The van der Waals surface area contributed by atoms with Gasteiger partial charge in [0.1, 0.15) is 0 Å². The molecule has 0 amide bonds. The number of allylic oxidation sites excluding steroid dienone is 1. The molecule has 0 aromatic rings. The number of rotatable bonds is 3. The molecule has 4 atom stereocenters. The SMILES string of the molecule is C=C1[C@H]2CC[C@]1(C)[C@@]1(CCOC(=O)C(C)(C)C)CCC(C)=C[C@H]1O2. The highest BCUT2D eigenvalue weighted by Crippen LogP contribution is 2.65. The van der Waals surface area contributed by atoms with E-state index in [4.69, 9.17) is 9.47 Å². The molecule has 1 heterocycles. The summed E-state index contributed by atoms with van der Waals surface area (Å²) in [6, 6.07) is 0. The van der Waals surface area contributed by atoms with Crippen LogP contribution in [0, 0.1) is 16.2 Å². The Kier molecular flexibility index (Phi) is 4.23. The van der Waals surface area contributed by atoms with Crippen molar-refractivity contribution >= 4 is 5.97 Å². The quantitative estimate of drug-likeness (QED) is 0.549. The van der Waals surface area contributed by atoms with E-state index in [1.54, 1.807) is 0 Å². The smallest absolute Gasteiger partial charge is 0.311 e. The number of hydrogen-bond donors (Lipinski definition) is 0. The first kappa shape index (κ1) is 17.7. The molecule has 0 N–H and O–H groups in total. The van der Waals surface area contributed by atoms with Crippen molar-refractivity contribution in [1.29, 1.82) is 0 Å². The van der Waals surface area contributed by atoms with Crippen LogP contribution in [0.25, 0.3) is 0 Å². The van der Waals surface area contributed by atoms with E-state index in [2.05, 4.69) is 26.5 Å². The normalized spacial score (nSPS) is 38.5. The van der Waals surface area contributed by atoms with Crippen molar-refractivity contribution in [3.05, 3.63) is 23.8 Å². The second-order valence-corrected chi connectivity index (χ2v) is 9.25. The summed E-state index contributed by atoms with van der Waals surface area (Å²) < 4.78 is 12.1. The van der Waals surface area contributed by atoms with Gasteiger partial charge in [0.05, 0.1) is 24.2 Å². The molecule has 0 aromatic heterocycles. The van der Waals surface area contributed by atoms with Crippen LogP contribution in [0.1, 0.15) is 66.7 Å². The summed E-state index contributed by atoms with van der Waals surface area (Å²) in [5.74, 6) is -0.122. The lowest BCUT2D eigenvalue weighted by Crippen LogP contribution is -2.55. The zero-order valence-electron chi connectivity index (χ0n) is 15.9. The molecule has 1 aliphatic heterocycles. The molecule has 2 aliphatic carbocycles. The molecular formula is C21H32O3. The van der Waals surface area contributed by atoms with Crippen molar-refractivity contribution in [3.8, 4) is 0 Å². The van der Waals surface area contributed by atoms with E-state index in [9.17, 15) is 4.79 Å². The maximum atomic E-state index is 12.1. The zero-order chi connectivity index (χ0) is 17.8. The van der Waals surface area contributed by atoms with Crippen molar-refractivity contribution in [2.45, 2.75) is 78.9 Å². The summed E-state index contributed by atoms with van der Waals surface area (Å²) in [4.78, 5) is 12.1. The van der Waals surface area contributed by atoms with E-state index in [1.165, 1.54) is 11.1 Å². The van der Waals surface area contributed by atoms with Crippen molar-refractivity contribution in [2.75, 3.05) is 6.61 Å². The first-order valence-electron chi connectivity index (χ1n) is 9.29. The van der Waals surface area contributed by atoms with Gasteiger partial charge in [0.15, 0.2) is 0 Å². The largest absolute Gasteiger partial charge is 0.465 e. The Bertz CT molecular complexity index is 582. The standard InChI is InChI=1S/C21H32O3/c1-14-7-10-21(11-12-23-18(22)19(3,4)5)17(13-14)24-16-8-9-20(21,6)15(16)2/h13,16-17H,2,7-12H2,1,3-6H3/t16-,17-,20+,21-/m1/s1. The van der Waals surface area contributed by atoms with Crippen LogP contribution in [-0.4, -0.2) is 24.8 Å². The van der Waals surface area contributed by atoms with Crippen LogP contribution in [0.5, 0.6) is 0 Å². The van der Waals surface area contributed by atoms with Crippen LogP contribution in [0.4, 0.5) is 0 Å². The summed E-state index contributed by atoms with van der Waals surface area (Å²) in [5.41, 5.74) is 2.32. The fourth-order valence-electron chi connectivity index (χ4n) is 4.91. The van der Waals surface area contributed by atoms with Crippen LogP contribution in [0.3, 0.4) is 0 Å². The molecule has 3 aliphatic rings. The van der Waals surface area contributed by atoms with Crippen LogP contribution < -0.4 is 0 Å².